The minimum atomic E-state index is -0.897. The second-order valence-electron chi connectivity index (χ2n) is 5.09. The first-order chi connectivity index (χ1) is 9.11. The van der Waals surface area contributed by atoms with Crippen molar-refractivity contribution in [2.45, 2.75) is 44.8 Å². The zero-order valence-corrected chi connectivity index (χ0v) is 11.2. The van der Waals surface area contributed by atoms with Gasteiger partial charge < -0.3 is 15.5 Å². The zero-order chi connectivity index (χ0) is 13.8. The summed E-state index contributed by atoms with van der Waals surface area (Å²) in [6, 6.07) is 5.56. The van der Waals surface area contributed by atoms with Crippen LogP contribution in [0.25, 0.3) is 0 Å². The molecule has 0 heterocycles. The van der Waals surface area contributed by atoms with Crippen LogP contribution in [-0.2, 0) is 17.6 Å². The average molecular weight is 263 g/mol. The lowest BCUT2D eigenvalue weighted by Gasteiger charge is -2.23. The number of nitrogens with one attached hydrogen (secondary N) is 1. The molecule has 0 saturated carbocycles. The maximum atomic E-state index is 10.9. The first-order valence-corrected chi connectivity index (χ1v) is 6.86. The monoisotopic (exact) mass is 263 g/mol. The number of aliphatic carboxylic acids is 1. The highest BCUT2D eigenvalue weighted by atomic mass is 16.4. The van der Waals surface area contributed by atoms with E-state index in [1.165, 1.54) is 17.5 Å². The van der Waals surface area contributed by atoms with Gasteiger partial charge in [-0.1, -0.05) is 25.1 Å². The molecule has 4 nitrogen and oxygen atoms in total. The Kier molecular flexibility index (Phi) is 4.56. The van der Waals surface area contributed by atoms with E-state index in [1.54, 1.807) is 0 Å². The Hall–Kier alpha value is -1.39. The number of rotatable bonds is 6. The second kappa shape index (κ2) is 6.17. The van der Waals surface area contributed by atoms with Crippen LogP contribution in [-0.4, -0.2) is 28.8 Å². The van der Waals surface area contributed by atoms with E-state index >= 15 is 0 Å². The lowest BCUT2D eigenvalue weighted by molar-refractivity contribution is -0.138. The molecule has 4 heteroatoms. The van der Waals surface area contributed by atoms with Crippen molar-refractivity contribution in [1.82, 2.24) is 5.32 Å². The number of carboxylic acid groups (broad SMARTS) is 1. The van der Waals surface area contributed by atoms with Crippen molar-refractivity contribution < 1.29 is 15.0 Å². The summed E-state index contributed by atoms with van der Waals surface area (Å²) < 4.78 is 0. The maximum Gasteiger partial charge on any atom is 0.305 e. The molecule has 0 spiro atoms. The van der Waals surface area contributed by atoms with Gasteiger partial charge in [0.15, 0.2) is 0 Å². The molecule has 3 N–H and O–H groups in total. The summed E-state index contributed by atoms with van der Waals surface area (Å²) in [7, 11) is 0. The van der Waals surface area contributed by atoms with Gasteiger partial charge in [0.05, 0.1) is 12.5 Å². The molecule has 0 amide bonds. The highest BCUT2D eigenvalue weighted by Gasteiger charge is 2.24. The van der Waals surface area contributed by atoms with Crippen molar-refractivity contribution in [2.24, 2.45) is 0 Å². The number of aliphatic hydroxyl groups excluding tert-OH is 1. The molecule has 0 saturated heterocycles. The molecule has 1 aromatic rings. The van der Waals surface area contributed by atoms with E-state index in [-0.39, 0.29) is 6.42 Å². The molecular weight excluding hydrogens is 242 g/mol. The van der Waals surface area contributed by atoms with E-state index < -0.39 is 18.1 Å². The van der Waals surface area contributed by atoms with Crippen LogP contribution >= 0.6 is 0 Å². The van der Waals surface area contributed by atoms with Gasteiger partial charge in [-0.15, -0.1) is 0 Å². The summed E-state index contributed by atoms with van der Waals surface area (Å²) in [6.45, 7) is 2.55. The number of aryl methyl sites for hydroxylation is 2. The van der Waals surface area contributed by atoms with Gasteiger partial charge in [0, 0.05) is 6.04 Å². The van der Waals surface area contributed by atoms with E-state index in [4.69, 9.17) is 5.11 Å². The van der Waals surface area contributed by atoms with Crippen LogP contribution in [0.15, 0.2) is 18.2 Å². The van der Waals surface area contributed by atoms with Crippen molar-refractivity contribution in [3.05, 3.63) is 34.9 Å². The van der Waals surface area contributed by atoms with Crippen molar-refractivity contribution >= 4 is 5.97 Å². The summed E-state index contributed by atoms with van der Waals surface area (Å²) in [6.07, 6.45) is 2.48. The summed E-state index contributed by atoms with van der Waals surface area (Å²) in [5, 5.41) is 22.3. The molecule has 0 aliphatic heterocycles. The summed E-state index contributed by atoms with van der Waals surface area (Å²) in [4.78, 5) is 10.9. The van der Waals surface area contributed by atoms with Gasteiger partial charge in [-0.2, -0.15) is 0 Å². The fourth-order valence-electron chi connectivity index (χ4n) is 2.75. The molecule has 1 aliphatic carbocycles. The average Bonchev–Trinajstić information content (AvgIpc) is 2.84. The fourth-order valence-corrected chi connectivity index (χ4v) is 2.75. The van der Waals surface area contributed by atoms with E-state index in [0.717, 1.165) is 18.4 Å². The van der Waals surface area contributed by atoms with Crippen molar-refractivity contribution in [1.29, 1.82) is 0 Å². The molecule has 0 aromatic heterocycles. The Morgan fingerprint density at radius 3 is 2.79 bits per heavy atom. The number of carbonyl (C=O) groups is 1. The highest BCUT2D eigenvalue weighted by Crippen LogP contribution is 2.27. The lowest BCUT2D eigenvalue weighted by atomic mass is 9.96. The second-order valence-corrected chi connectivity index (χ2v) is 5.09. The summed E-state index contributed by atoms with van der Waals surface area (Å²) in [5.41, 5.74) is 3.46. The van der Waals surface area contributed by atoms with Gasteiger partial charge in [-0.05, 0) is 42.5 Å². The highest BCUT2D eigenvalue weighted by molar-refractivity contribution is 5.67. The van der Waals surface area contributed by atoms with E-state index in [1.807, 2.05) is 19.1 Å². The number of carboxylic acids is 1. The minimum absolute atomic E-state index is 0.0773. The van der Waals surface area contributed by atoms with Crippen LogP contribution < -0.4 is 5.32 Å². The first-order valence-electron chi connectivity index (χ1n) is 6.86. The molecular formula is C15H21NO3. The van der Waals surface area contributed by atoms with Crippen LogP contribution in [0.1, 0.15) is 42.6 Å². The fraction of sp³-hybridized carbons (Fsp3) is 0.533. The first kappa shape index (κ1) is 14.0. The smallest absolute Gasteiger partial charge is 0.305 e. The van der Waals surface area contributed by atoms with Gasteiger partial charge in [0.2, 0.25) is 0 Å². The maximum absolute atomic E-state index is 10.9. The Balaban J connectivity index is 2.16. The predicted molar refractivity (Wildman–Crippen MR) is 73.1 cm³/mol. The van der Waals surface area contributed by atoms with Gasteiger partial charge in [0.25, 0.3) is 0 Å². The normalized spacial score (nSPS) is 16.9. The van der Waals surface area contributed by atoms with Crippen LogP contribution in [0, 0.1) is 0 Å². The van der Waals surface area contributed by atoms with Crippen LogP contribution in [0.5, 0.6) is 0 Å². The van der Waals surface area contributed by atoms with E-state index in [0.29, 0.717) is 6.54 Å². The third-order valence-corrected chi connectivity index (χ3v) is 3.71. The predicted octanol–water partition coefficient (Wildman–Crippen LogP) is 1.66. The quantitative estimate of drug-likeness (QED) is 0.730. The molecule has 0 radical (unpaired) electrons. The van der Waals surface area contributed by atoms with Crippen molar-refractivity contribution in [2.75, 3.05) is 6.54 Å². The Labute approximate surface area is 113 Å². The Morgan fingerprint density at radius 1 is 1.37 bits per heavy atom. The van der Waals surface area contributed by atoms with Gasteiger partial charge in [-0.3, -0.25) is 4.79 Å². The number of hydrogen-bond donors (Lipinski definition) is 3. The molecule has 2 unspecified atom stereocenters. The lowest BCUT2D eigenvalue weighted by Crippen LogP contribution is -2.36. The number of fused-ring (bicyclic) bond motifs is 1. The topological polar surface area (TPSA) is 69.6 Å². The largest absolute Gasteiger partial charge is 0.481 e. The molecule has 1 aliphatic rings. The molecule has 1 aromatic carbocycles. The van der Waals surface area contributed by atoms with E-state index in [9.17, 15) is 9.90 Å². The standard InChI is InChI=1S/C15H21NO3/c1-2-16-13(9-14(17)18)15(19)12-7-6-10-4-3-5-11(10)8-12/h6-8,13,15-16,19H,2-5,9H2,1H3,(H,17,18). The molecule has 0 fully saturated rings. The zero-order valence-electron chi connectivity index (χ0n) is 11.2. The van der Waals surface area contributed by atoms with Crippen molar-refractivity contribution in [3.8, 4) is 0 Å². The third-order valence-electron chi connectivity index (χ3n) is 3.71. The summed E-state index contributed by atoms with van der Waals surface area (Å²) in [5.74, 6) is -0.897. The van der Waals surface area contributed by atoms with Crippen LogP contribution in [0.4, 0.5) is 0 Å². The minimum Gasteiger partial charge on any atom is -0.481 e. The summed E-state index contributed by atoms with van der Waals surface area (Å²) >= 11 is 0. The SMILES string of the molecule is CCNC(CC(=O)O)C(O)c1ccc2c(c1)CCC2. The Morgan fingerprint density at radius 2 is 2.11 bits per heavy atom. The number of aliphatic hydroxyl groups is 1. The van der Waals surface area contributed by atoms with Gasteiger partial charge >= 0.3 is 5.97 Å². The van der Waals surface area contributed by atoms with Gasteiger partial charge in [0.1, 0.15) is 0 Å². The van der Waals surface area contributed by atoms with Crippen LogP contribution in [0.2, 0.25) is 0 Å². The number of likely N-dealkylation sites (N-methyl/N-ethyl adjacent to an activating group) is 1. The molecule has 2 atom stereocenters. The molecule has 2 rings (SSSR count). The molecule has 0 bridgehead atoms. The van der Waals surface area contributed by atoms with Crippen LogP contribution in [0.3, 0.4) is 0 Å². The van der Waals surface area contributed by atoms with Crippen molar-refractivity contribution in [3.63, 3.8) is 0 Å². The third kappa shape index (κ3) is 3.33. The number of hydrogen-bond acceptors (Lipinski definition) is 3. The Bertz CT molecular complexity index is 459. The number of benzene rings is 1. The molecule has 19 heavy (non-hydrogen) atoms. The molecule has 104 valence electrons. The van der Waals surface area contributed by atoms with Gasteiger partial charge in [-0.25, -0.2) is 0 Å². The van der Waals surface area contributed by atoms with E-state index in [2.05, 4.69) is 11.4 Å².